The first-order valence-electron chi connectivity index (χ1n) is 6.31. The maximum absolute atomic E-state index is 10.1. The van der Waals surface area contributed by atoms with E-state index in [-0.39, 0.29) is 6.42 Å². The SMILES string of the molecule is C#C[C@]1(CO)OC(n2cnc3c(OC)ncnc32)C[C@@H]1O. The maximum Gasteiger partial charge on any atom is 0.245 e. The predicted molar refractivity (Wildman–Crippen MR) is 71.3 cm³/mol. The van der Waals surface area contributed by atoms with Gasteiger partial charge in [-0.2, -0.15) is 4.98 Å². The molecule has 1 unspecified atom stereocenters. The second-order valence-corrected chi connectivity index (χ2v) is 4.72. The molecule has 3 atom stereocenters. The van der Waals surface area contributed by atoms with E-state index in [1.807, 2.05) is 0 Å². The summed E-state index contributed by atoms with van der Waals surface area (Å²) in [7, 11) is 1.49. The average molecular weight is 290 g/mol. The van der Waals surface area contributed by atoms with Crippen LogP contribution in [0.25, 0.3) is 11.2 Å². The fraction of sp³-hybridized carbons (Fsp3) is 0.462. The molecule has 3 rings (SSSR count). The molecule has 0 amide bonds. The van der Waals surface area contributed by atoms with Crippen molar-refractivity contribution in [2.45, 2.75) is 24.4 Å². The van der Waals surface area contributed by atoms with Crippen LogP contribution in [-0.4, -0.2) is 55.2 Å². The number of aliphatic hydroxyl groups excluding tert-OH is 2. The van der Waals surface area contributed by atoms with E-state index in [4.69, 9.17) is 15.9 Å². The van der Waals surface area contributed by atoms with Gasteiger partial charge in [-0.3, -0.25) is 4.57 Å². The van der Waals surface area contributed by atoms with E-state index in [0.29, 0.717) is 17.0 Å². The minimum Gasteiger partial charge on any atom is -0.479 e. The highest BCUT2D eigenvalue weighted by Gasteiger charge is 2.47. The van der Waals surface area contributed by atoms with E-state index in [2.05, 4.69) is 20.9 Å². The molecular weight excluding hydrogens is 276 g/mol. The Morgan fingerprint density at radius 3 is 3.00 bits per heavy atom. The highest BCUT2D eigenvalue weighted by Crippen LogP contribution is 2.37. The van der Waals surface area contributed by atoms with Crippen LogP contribution in [0.1, 0.15) is 12.6 Å². The quantitative estimate of drug-likeness (QED) is 0.733. The fourth-order valence-corrected chi connectivity index (χ4v) is 2.43. The Morgan fingerprint density at radius 2 is 2.38 bits per heavy atom. The molecule has 0 bridgehead atoms. The van der Waals surface area contributed by atoms with E-state index < -0.39 is 24.5 Å². The summed E-state index contributed by atoms with van der Waals surface area (Å²) in [4.78, 5) is 12.3. The molecule has 21 heavy (non-hydrogen) atoms. The Hall–Kier alpha value is -2.21. The second kappa shape index (κ2) is 4.96. The lowest BCUT2D eigenvalue weighted by Crippen LogP contribution is -2.41. The lowest BCUT2D eigenvalue weighted by Gasteiger charge is -2.23. The minimum atomic E-state index is -1.40. The Labute approximate surface area is 120 Å². The number of hydrogen-bond acceptors (Lipinski definition) is 7. The zero-order valence-corrected chi connectivity index (χ0v) is 11.3. The van der Waals surface area contributed by atoms with Gasteiger partial charge in [0.2, 0.25) is 5.88 Å². The maximum atomic E-state index is 10.1. The lowest BCUT2D eigenvalue weighted by atomic mass is 9.99. The van der Waals surface area contributed by atoms with Gasteiger partial charge in [0, 0.05) is 6.42 Å². The fourth-order valence-electron chi connectivity index (χ4n) is 2.43. The van der Waals surface area contributed by atoms with Crippen LogP contribution in [0.5, 0.6) is 5.88 Å². The number of aromatic nitrogens is 4. The van der Waals surface area contributed by atoms with Crippen LogP contribution < -0.4 is 4.74 Å². The molecule has 1 fully saturated rings. The third-order valence-electron chi connectivity index (χ3n) is 3.62. The summed E-state index contributed by atoms with van der Waals surface area (Å²) >= 11 is 0. The minimum absolute atomic E-state index is 0.225. The van der Waals surface area contributed by atoms with Crippen molar-refractivity contribution >= 4 is 11.2 Å². The third kappa shape index (κ3) is 1.94. The number of ether oxygens (including phenoxy) is 2. The molecule has 0 spiro atoms. The first kappa shape index (κ1) is 13.8. The van der Waals surface area contributed by atoms with E-state index >= 15 is 0 Å². The highest BCUT2D eigenvalue weighted by atomic mass is 16.6. The second-order valence-electron chi connectivity index (χ2n) is 4.72. The number of aliphatic hydroxyl groups is 2. The molecule has 1 aliphatic heterocycles. The van der Waals surface area contributed by atoms with Gasteiger partial charge in [-0.1, -0.05) is 5.92 Å². The van der Waals surface area contributed by atoms with Crippen molar-refractivity contribution in [2.75, 3.05) is 13.7 Å². The van der Waals surface area contributed by atoms with E-state index in [1.54, 1.807) is 4.57 Å². The number of methoxy groups -OCH3 is 1. The summed E-state index contributed by atoms with van der Waals surface area (Å²) in [6.45, 7) is -0.466. The van der Waals surface area contributed by atoms with Crippen LogP contribution in [0.15, 0.2) is 12.7 Å². The van der Waals surface area contributed by atoms with Gasteiger partial charge in [0.25, 0.3) is 0 Å². The zero-order chi connectivity index (χ0) is 15.0. The number of fused-ring (bicyclic) bond motifs is 1. The molecule has 2 N–H and O–H groups in total. The Bertz CT molecular complexity index is 710. The van der Waals surface area contributed by atoms with Gasteiger partial charge in [0.05, 0.1) is 20.0 Å². The van der Waals surface area contributed by atoms with Crippen LogP contribution >= 0.6 is 0 Å². The molecule has 0 radical (unpaired) electrons. The summed E-state index contributed by atoms with van der Waals surface area (Å²) in [5.41, 5.74) is -0.414. The van der Waals surface area contributed by atoms with Gasteiger partial charge in [-0.15, -0.1) is 6.42 Å². The lowest BCUT2D eigenvalue weighted by molar-refractivity contribution is -0.0891. The van der Waals surface area contributed by atoms with Crippen molar-refractivity contribution in [3.05, 3.63) is 12.7 Å². The Morgan fingerprint density at radius 1 is 1.57 bits per heavy atom. The van der Waals surface area contributed by atoms with Crippen molar-refractivity contribution in [3.8, 4) is 18.2 Å². The van der Waals surface area contributed by atoms with Crippen LogP contribution in [0, 0.1) is 12.3 Å². The van der Waals surface area contributed by atoms with Crippen molar-refractivity contribution in [1.29, 1.82) is 0 Å². The van der Waals surface area contributed by atoms with Gasteiger partial charge in [0.1, 0.15) is 18.7 Å². The third-order valence-corrected chi connectivity index (χ3v) is 3.62. The molecule has 2 aromatic rings. The number of nitrogens with zero attached hydrogens (tertiary/aromatic N) is 4. The number of rotatable bonds is 3. The zero-order valence-electron chi connectivity index (χ0n) is 11.3. The van der Waals surface area contributed by atoms with Gasteiger partial charge in [-0.25, -0.2) is 9.97 Å². The van der Waals surface area contributed by atoms with E-state index in [0.717, 1.165) is 0 Å². The molecule has 1 aliphatic rings. The molecule has 110 valence electrons. The normalized spacial score (nSPS) is 28.7. The van der Waals surface area contributed by atoms with Crippen molar-refractivity contribution in [2.24, 2.45) is 0 Å². The van der Waals surface area contributed by atoms with Crippen molar-refractivity contribution in [3.63, 3.8) is 0 Å². The smallest absolute Gasteiger partial charge is 0.245 e. The van der Waals surface area contributed by atoms with Gasteiger partial charge in [-0.05, 0) is 0 Å². The van der Waals surface area contributed by atoms with Crippen LogP contribution in [-0.2, 0) is 4.74 Å². The predicted octanol–water partition coefficient (Wildman–Crippen LogP) is -0.521. The summed E-state index contributed by atoms with van der Waals surface area (Å²) in [6.07, 6.45) is 6.92. The average Bonchev–Trinajstić information content (AvgIpc) is 3.08. The molecule has 3 heterocycles. The van der Waals surface area contributed by atoms with Crippen LogP contribution in [0.2, 0.25) is 0 Å². The summed E-state index contributed by atoms with van der Waals surface area (Å²) in [5.74, 6) is 2.68. The molecule has 0 aliphatic carbocycles. The van der Waals surface area contributed by atoms with E-state index in [9.17, 15) is 10.2 Å². The molecule has 0 aromatic carbocycles. The first-order valence-corrected chi connectivity index (χ1v) is 6.31. The van der Waals surface area contributed by atoms with Crippen LogP contribution in [0.3, 0.4) is 0 Å². The largest absolute Gasteiger partial charge is 0.479 e. The summed E-state index contributed by atoms with van der Waals surface area (Å²) in [5, 5.41) is 19.5. The monoisotopic (exact) mass is 290 g/mol. The molecule has 2 aromatic heterocycles. The van der Waals surface area contributed by atoms with Crippen LogP contribution in [0.4, 0.5) is 0 Å². The topological polar surface area (TPSA) is 103 Å². The van der Waals surface area contributed by atoms with Gasteiger partial charge >= 0.3 is 0 Å². The Kier molecular flexibility index (Phi) is 3.25. The molecule has 0 saturated carbocycles. The highest BCUT2D eigenvalue weighted by molar-refractivity contribution is 5.75. The number of imidazole rings is 1. The number of hydrogen-bond donors (Lipinski definition) is 2. The number of terminal acetylenes is 1. The standard InChI is InChI=1S/C13H14N4O4/c1-3-13(5-18)8(19)4-9(21-13)17-7-16-10-11(17)14-6-15-12(10)20-2/h1,6-9,18-19H,4-5H2,2H3/t8-,9?,13+/m0/s1. The van der Waals surface area contributed by atoms with Crippen molar-refractivity contribution in [1.82, 2.24) is 19.5 Å². The van der Waals surface area contributed by atoms with E-state index in [1.165, 1.54) is 19.8 Å². The summed E-state index contributed by atoms with van der Waals surface area (Å²) < 4.78 is 12.4. The van der Waals surface area contributed by atoms with Gasteiger partial charge in [0.15, 0.2) is 16.8 Å². The van der Waals surface area contributed by atoms with Gasteiger partial charge < -0.3 is 19.7 Å². The molecule has 1 saturated heterocycles. The Balaban J connectivity index is 2.02. The van der Waals surface area contributed by atoms with Crippen molar-refractivity contribution < 1.29 is 19.7 Å². The molecule has 8 nitrogen and oxygen atoms in total. The summed E-state index contributed by atoms with van der Waals surface area (Å²) in [6, 6.07) is 0. The molecular formula is C13H14N4O4. The molecule has 8 heteroatoms. The first-order chi connectivity index (χ1) is 10.1.